The lowest BCUT2D eigenvalue weighted by Gasteiger charge is -2.29. The number of aromatic nitrogens is 1. The van der Waals surface area contributed by atoms with Gasteiger partial charge in [-0.1, -0.05) is 24.3 Å². The number of anilines is 1. The highest BCUT2D eigenvalue weighted by atomic mass is 19.1. The van der Waals surface area contributed by atoms with Crippen LogP contribution in [0.3, 0.4) is 0 Å². The number of amides is 1. The van der Waals surface area contributed by atoms with E-state index in [-0.39, 0.29) is 27.8 Å². The summed E-state index contributed by atoms with van der Waals surface area (Å²) >= 11 is 0. The van der Waals surface area contributed by atoms with E-state index in [1.807, 2.05) is 18.2 Å². The number of para-hydroxylation sites is 2. The maximum Gasteiger partial charge on any atom is 0.257 e. The fraction of sp³-hybridized carbons (Fsp3) is 0.235. The Labute approximate surface area is 242 Å². The SMILES string of the molecule is COc1cc2c(cc1OC)CN(CCCc1cccc(NC(=O)c3cccc4c(=O)c5cccc(F)c5[nH]c34)c1)CC2. The number of hydrogen-bond donors (Lipinski definition) is 2. The van der Waals surface area contributed by atoms with Crippen LogP contribution in [-0.4, -0.2) is 43.1 Å². The standard InChI is InChI=1S/C34H32FN3O4/c1-41-29-18-22-14-16-38(20-23(22)19-30(29)42-2)15-6-8-21-7-3-9-24(17-21)36-34(40)27-12-4-10-25-31(27)37-32-26(33(25)39)11-5-13-28(32)35/h3-5,7,9-13,17-19H,6,8,14-16,20H2,1-2H3,(H,36,40)(H,37,39). The summed E-state index contributed by atoms with van der Waals surface area (Å²) in [4.78, 5) is 31.8. The van der Waals surface area contributed by atoms with Gasteiger partial charge in [0, 0.05) is 29.5 Å². The Bertz CT molecular complexity index is 1870. The van der Waals surface area contributed by atoms with Crippen molar-refractivity contribution in [2.24, 2.45) is 0 Å². The molecule has 5 aromatic rings. The fourth-order valence-electron chi connectivity index (χ4n) is 5.82. The third-order valence-electron chi connectivity index (χ3n) is 7.98. The number of halogens is 1. The zero-order valence-corrected chi connectivity index (χ0v) is 23.6. The molecule has 1 aromatic heterocycles. The minimum absolute atomic E-state index is 0.0910. The molecular formula is C34H32FN3O4. The number of benzene rings is 4. The number of nitrogens with zero attached hydrogens (tertiary/aromatic N) is 1. The van der Waals surface area contributed by atoms with Crippen molar-refractivity contribution in [3.63, 3.8) is 0 Å². The highest BCUT2D eigenvalue weighted by Crippen LogP contribution is 2.33. The number of carbonyl (C=O) groups is 1. The van der Waals surface area contributed by atoms with Crippen LogP contribution in [-0.2, 0) is 19.4 Å². The number of nitrogens with one attached hydrogen (secondary N) is 2. The number of rotatable bonds is 8. The zero-order valence-electron chi connectivity index (χ0n) is 23.6. The molecule has 0 radical (unpaired) electrons. The number of carbonyl (C=O) groups excluding carboxylic acids is 1. The Morgan fingerprint density at radius 3 is 2.43 bits per heavy atom. The lowest BCUT2D eigenvalue weighted by molar-refractivity contribution is 0.102. The van der Waals surface area contributed by atoms with Crippen molar-refractivity contribution in [2.45, 2.75) is 25.8 Å². The van der Waals surface area contributed by atoms with E-state index < -0.39 is 5.82 Å². The summed E-state index contributed by atoms with van der Waals surface area (Å²) in [6, 6.07) is 21.3. The molecular weight excluding hydrogens is 533 g/mol. The molecule has 1 amide bonds. The third kappa shape index (κ3) is 5.33. The van der Waals surface area contributed by atoms with Gasteiger partial charge in [0.05, 0.1) is 30.8 Å². The molecule has 0 spiro atoms. The maximum absolute atomic E-state index is 14.5. The number of methoxy groups -OCH3 is 2. The van der Waals surface area contributed by atoms with Crippen molar-refractivity contribution in [2.75, 3.05) is 32.6 Å². The molecule has 4 aromatic carbocycles. The number of hydrogen-bond acceptors (Lipinski definition) is 5. The molecule has 0 bridgehead atoms. The van der Waals surface area contributed by atoms with Gasteiger partial charge in [-0.05, 0) is 91.0 Å². The van der Waals surface area contributed by atoms with Gasteiger partial charge in [0.25, 0.3) is 5.91 Å². The minimum Gasteiger partial charge on any atom is -0.493 e. The maximum atomic E-state index is 14.5. The van der Waals surface area contributed by atoms with Gasteiger partial charge < -0.3 is 19.8 Å². The normalized spacial score (nSPS) is 13.2. The van der Waals surface area contributed by atoms with Crippen molar-refractivity contribution in [1.29, 1.82) is 0 Å². The van der Waals surface area contributed by atoms with E-state index in [1.165, 1.54) is 23.3 Å². The Morgan fingerprint density at radius 2 is 1.64 bits per heavy atom. The second-order valence-corrected chi connectivity index (χ2v) is 10.6. The molecule has 0 atom stereocenters. The van der Waals surface area contributed by atoms with Crippen LogP contribution in [0.15, 0.2) is 77.6 Å². The molecule has 2 heterocycles. The number of pyridine rings is 1. The number of fused-ring (bicyclic) bond motifs is 3. The van der Waals surface area contributed by atoms with Crippen molar-refractivity contribution in [1.82, 2.24) is 9.88 Å². The predicted molar refractivity (Wildman–Crippen MR) is 163 cm³/mol. The summed E-state index contributed by atoms with van der Waals surface area (Å²) in [5.41, 5.74) is 4.73. The van der Waals surface area contributed by atoms with E-state index in [1.54, 1.807) is 38.5 Å². The largest absolute Gasteiger partial charge is 0.493 e. The highest BCUT2D eigenvalue weighted by molar-refractivity contribution is 6.13. The first-order valence-electron chi connectivity index (χ1n) is 14.0. The first-order valence-corrected chi connectivity index (χ1v) is 14.0. The third-order valence-corrected chi connectivity index (χ3v) is 7.98. The van der Waals surface area contributed by atoms with Gasteiger partial charge in [0.2, 0.25) is 0 Å². The van der Waals surface area contributed by atoms with Crippen LogP contribution in [0.1, 0.15) is 33.5 Å². The molecule has 1 aliphatic heterocycles. The van der Waals surface area contributed by atoms with Crippen molar-refractivity contribution >= 4 is 33.4 Å². The van der Waals surface area contributed by atoms with E-state index in [0.717, 1.165) is 56.0 Å². The van der Waals surface area contributed by atoms with Crippen LogP contribution in [0.5, 0.6) is 11.5 Å². The van der Waals surface area contributed by atoms with Gasteiger partial charge in [0.1, 0.15) is 5.82 Å². The van der Waals surface area contributed by atoms with Gasteiger partial charge in [-0.25, -0.2) is 4.39 Å². The molecule has 0 aliphatic carbocycles. The van der Waals surface area contributed by atoms with Crippen LogP contribution in [0.25, 0.3) is 21.8 Å². The summed E-state index contributed by atoms with van der Waals surface area (Å²) in [5, 5.41) is 3.55. The van der Waals surface area contributed by atoms with Gasteiger partial charge in [0.15, 0.2) is 16.9 Å². The van der Waals surface area contributed by atoms with Crippen LogP contribution < -0.4 is 20.2 Å². The smallest absolute Gasteiger partial charge is 0.257 e. The molecule has 7 nitrogen and oxygen atoms in total. The fourth-order valence-corrected chi connectivity index (χ4v) is 5.82. The Hall–Kier alpha value is -4.69. The number of ether oxygens (including phenoxy) is 2. The highest BCUT2D eigenvalue weighted by Gasteiger charge is 2.20. The molecule has 214 valence electrons. The summed E-state index contributed by atoms with van der Waals surface area (Å²) in [5.74, 6) is 0.617. The van der Waals surface area contributed by atoms with E-state index in [4.69, 9.17) is 9.47 Å². The topological polar surface area (TPSA) is 83.7 Å². The van der Waals surface area contributed by atoms with Gasteiger partial charge in [-0.15, -0.1) is 0 Å². The zero-order chi connectivity index (χ0) is 29.2. The Kier molecular flexibility index (Phi) is 7.63. The lowest BCUT2D eigenvalue weighted by Crippen LogP contribution is -2.31. The average molecular weight is 566 g/mol. The minimum atomic E-state index is -0.539. The van der Waals surface area contributed by atoms with E-state index in [2.05, 4.69) is 33.4 Å². The predicted octanol–water partition coefficient (Wildman–Crippen LogP) is 6.08. The molecule has 0 unspecified atom stereocenters. The second-order valence-electron chi connectivity index (χ2n) is 10.6. The second kappa shape index (κ2) is 11.7. The van der Waals surface area contributed by atoms with E-state index in [0.29, 0.717) is 16.6 Å². The van der Waals surface area contributed by atoms with E-state index in [9.17, 15) is 14.0 Å². The van der Waals surface area contributed by atoms with Gasteiger partial charge >= 0.3 is 0 Å². The van der Waals surface area contributed by atoms with Gasteiger partial charge in [-0.2, -0.15) is 0 Å². The number of H-pyrrole nitrogens is 1. The molecule has 1 aliphatic rings. The Morgan fingerprint density at radius 1 is 0.929 bits per heavy atom. The molecule has 0 fully saturated rings. The van der Waals surface area contributed by atoms with Crippen molar-refractivity contribution in [3.05, 3.63) is 111 Å². The Balaban J connectivity index is 1.12. The summed E-state index contributed by atoms with van der Waals surface area (Å²) in [6.07, 6.45) is 2.81. The average Bonchev–Trinajstić information content (AvgIpc) is 3.01. The molecule has 2 N–H and O–H groups in total. The summed E-state index contributed by atoms with van der Waals surface area (Å²) in [7, 11) is 3.32. The van der Waals surface area contributed by atoms with Crippen LogP contribution in [0.4, 0.5) is 10.1 Å². The summed E-state index contributed by atoms with van der Waals surface area (Å²) < 4.78 is 25.4. The molecule has 0 saturated heterocycles. The quantitative estimate of drug-likeness (QED) is 0.223. The van der Waals surface area contributed by atoms with Crippen molar-refractivity contribution < 1.29 is 18.7 Å². The van der Waals surface area contributed by atoms with Crippen LogP contribution in [0, 0.1) is 5.82 Å². The molecule has 8 heteroatoms. The van der Waals surface area contributed by atoms with E-state index >= 15 is 0 Å². The molecule has 0 saturated carbocycles. The van der Waals surface area contributed by atoms with Crippen LogP contribution >= 0.6 is 0 Å². The first kappa shape index (κ1) is 27.5. The molecule has 6 rings (SSSR count). The first-order chi connectivity index (χ1) is 20.4. The van der Waals surface area contributed by atoms with Crippen molar-refractivity contribution in [3.8, 4) is 11.5 Å². The van der Waals surface area contributed by atoms with Gasteiger partial charge in [-0.3, -0.25) is 14.5 Å². The van der Waals surface area contributed by atoms with Crippen LogP contribution in [0.2, 0.25) is 0 Å². The monoisotopic (exact) mass is 565 g/mol. The number of aromatic amines is 1. The summed E-state index contributed by atoms with van der Waals surface area (Å²) in [6.45, 7) is 2.82. The molecule has 42 heavy (non-hydrogen) atoms. The lowest BCUT2D eigenvalue weighted by atomic mass is 9.98. The number of aryl methyl sites for hydroxylation is 1.